The average molecular weight is 328 g/mol. The summed E-state index contributed by atoms with van der Waals surface area (Å²) < 4.78 is 1.87. The first-order valence-electron chi connectivity index (χ1n) is 8.39. The van der Waals surface area contributed by atoms with Gasteiger partial charge < -0.3 is 15.3 Å². The molecule has 0 aliphatic carbocycles. The van der Waals surface area contributed by atoms with Gasteiger partial charge in [-0.3, -0.25) is 4.68 Å². The van der Waals surface area contributed by atoms with Gasteiger partial charge in [-0.2, -0.15) is 5.10 Å². The van der Waals surface area contributed by atoms with Crippen LogP contribution in [0, 0.1) is 5.92 Å². The van der Waals surface area contributed by atoms with Crippen LogP contribution in [0.1, 0.15) is 24.1 Å². The Morgan fingerprint density at radius 3 is 3.00 bits per heavy atom. The molecule has 0 bridgehead atoms. The number of carbonyl (C=O) groups is 1. The summed E-state index contributed by atoms with van der Waals surface area (Å²) in [6.45, 7) is 3.99. The maximum absolute atomic E-state index is 12.6. The van der Waals surface area contributed by atoms with Crippen LogP contribution in [0.15, 0.2) is 42.7 Å². The highest BCUT2D eigenvalue weighted by atomic mass is 16.3. The Morgan fingerprint density at radius 2 is 2.25 bits per heavy atom. The molecule has 0 fully saturated rings. The molecule has 2 N–H and O–H groups in total. The first-order chi connectivity index (χ1) is 11.7. The number of aromatic nitrogens is 2. The summed E-state index contributed by atoms with van der Waals surface area (Å²) in [7, 11) is 0. The van der Waals surface area contributed by atoms with E-state index in [2.05, 4.69) is 23.4 Å². The molecule has 6 heteroatoms. The summed E-state index contributed by atoms with van der Waals surface area (Å²) in [5.41, 5.74) is 2.26. The van der Waals surface area contributed by atoms with E-state index in [0.29, 0.717) is 13.1 Å². The zero-order valence-corrected chi connectivity index (χ0v) is 13.9. The van der Waals surface area contributed by atoms with Gasteiger partial charge in [0, 0.05) is 32.0 Å². The minimum Gasteiger partial charge on any atom is -0.394 e. The van der Waals surface area contributed by atoms with Crippen LogP contribution in [0.25, 0.3) is 0 Å². The second-order valence-electron chi connectivity index (χ2n) is 6.36. The number of benzene rings is 1. The Balaban J connectivity index is 1.58. The number of fused-ring (bicyclic) bond motifs is 1. The van der Waals surface area contributed by atoms with Gasteiger partial charge >= 0.3 is 6.03 Å². The molecule has 3 rings (SSSR count). The predicted octanol–water partition coefficient (Wildman–Crippen LogP) is 1.82. The van der Waals surface area contributed by atoms with Crippen LogP contribution in [0.5, 0.6) is 0 Å². The van der Waals surface area contributed by atoms with Crippen molar-refractivity contribution >= 4 is 6.03 Å². The quantitative estimate of drug-likeness (QED) is 0.879. The molecule has 1 aromatic heterocycles. The molecule has 1 aromatic carbocycles. The minimum absolute atomic E-state index is 0.0622. The first kappa shape index (κ1) is 16.5. The molecule has 1 aliphatic heterocycles. The maximum Gasteiger partial charge on any atom is 0.318 e. The number of nitrogens with one attached hydrogen (secondary N) is 1. The van der Waals surface area contributed by atoms with Crippen molar-refractivity contribution in [3.05, 3.63) is 53.9 Å². The second kappa shape index (κ2) is 7.49. The maximum atomic E-state index is 12.6. The Kier molecular flexibility index (Phi) is 5.15. The van der Waals surface area contributed by atoms with Gasteiger partial charge in [0.25, 0.3) is 0 Å². The standard InChI is InChI=1S/C18H24N4O2/c1-14(12-21-9-4-8-20-21)11-19-18(24)22-10-7-15-5-2-3-6-16(15)17(22)13-23/h2-6,8-9,14,17,23H,7,10-13H2,1H3,(H,19,24)/t14-,17+/m1/s1. The van der Waals surface area contributed by atoms with Gasteiger partial charge in [-0.1, -0.05) is 31.2 Å². The zero-order chi connectivity index (χ0) is 16.9. The van der Waals surface area contributed by atoms with E-state index in [1.54, 1.807) is 11.1 Å². The summed E-state index contributed by atoms with van der Waals surface area (Å²) in [6, 6.07) is 9.53. The van der Waals surface area contributed by atoms with Gasteiger partial charge in [-0.05, 0) is 29.5 Å². The number of aliphatic hydroxyl groups is 1. The van der Waals surface area contributed by atoms with Crippen molar-refractivity contribution in [3.63, 3.8) is 0 Å². The molecule has 128 valence electrons. The molecule has 0 saturated carbocycles. The summed E-state index contributed by atoms with van der Waals surface area (Å²) in [5, 5.41) is 17.0. The van der Waals surface area contributed by atoms with Gasteiger partial charge in [0.05, 0.1) is 12.6 Å². The third kappa shape index (κ3) is 3.59. The van der Waals surface area contributed by atoms with Crippen LogP contribution in [-0.4, -0.2) is 45.5 Å². The third-order valence-corrected chi connectivity index (χ3v) is 4.51. The Morgan fingerprint density at radius 1 is 1.42 bits per heavy atom. The monoisotopic (exact) mass is 328 g/mol. The second-order valence-corrected chi connectivity index (χ2v) is 6.36. The van der Waals surface area contributed by atoms with E-state index in [0.717, 1.165) is 18.5 Å². The van der Waals surface area contributed by atoms with E-state index in [1.807, 2.05) is 35.1 Å². The Labute approximate surface area is 142 Å². The van der Waals surface area contributed by atoms with Gasteiger partial charge in [-0.25, -0.2) is 4.79 Å². The smallest absolute Gasteiger partial charge is 0.318 e. The number of urea groups is 1. The summed E-state index contributed by atoms with van der Waals surface area (Å²) >= 11 is 0. The number of nitrogens with zero attached hydrogens (tertiary/aromatic N) is 3. The highest BCUT2D eigenvalue weighted by Crippen LogP contribution is 2.29. The van der Waals surface area contributed by atoms with Crippen molar-refractivity contribution in [1.29, 1.82) is 0 Å². The van der Waals surface area contributed by atoms with E-state index >= 15 is 0 Å². The number of rotatable bonds is 5. The molecule has 0 saturated heterocycles. The molecule has 2 aromatic rings. The van der Waals surface area contributed by atoms with Crippen molar-refractivity contribution in [3.8, 4) is 0 Å². The fourth-order valence-electron chi connectivity index (χ4n) is 3.25. The lowest BCUT2D eigenvalue weighted by Gasteiger charge is -2.36. The molecule has 0 radical (unpaired) electrons. The van der Waals surface area contributed by atoms with Crippen molar-refractivity contribution < 1.29 is 9.90 Å². The van der Waals surface area contributed by atoms with E-state index in [9.17, 15) is 9.90 Å². The topological polar surface area (TPSA) is 70.4 Å². The van der Waals surface area contributed by atoms with Crippen LogP contribution in [0.2, 0.25) is 0 Å². The Bertz CT molecular complexity index is 671. The van der Waals surface area contributed by atoms with Crippen molar-refractivity contribution in [1.82, 2.24) is 20.0 Å². The summed E-state index contributed by atoms with van der Waals surface area (Å²) in [4.78, 5) is 14.3. The van der Waals surface area contributed by atoms with Crippen LogP contribution in [0.4, 0.5) is 4.79 Å². The largest absolute Gasteiger partial charge is 0.394 e. The van der Waals surface area contributed by atoms with Crippen molar-refractivity contribution in [2.75, 3.05) is 19.7 Å². The van der Waals surface area contributed by atoms with Crippen LogP contribution in [-0.2, 0) is 13.0 Å². The molecular weight excluding hydrogens is 304 g/mol. The molecule has 1 aliphatic rings. The number of hydrogen-bond acceptors (Lipinski definition) is 3. The van der Waals surface area contributed by atoms with Gasteiger partial charge in [0.2, 0.25) is 0 Å². The van der Waals surface area contributed by atoms with Crippen LogP contribution >= 0.6 is 0 Å². The molecular formula is C18H24N4O2. The fraction of sp³-hybridized carbons (Fsp3) is 0.444. The molecule has 2 atom stereocenters. The fourth-order valence-corrected chi connectivity index (χ4v) is 3.25. The molecule has 2 amide bonds. The summed E-state index contributed by atoms with van der Waals surface area (Å²) in [6.07, 6.45) is 4.49. The van der Waals surface area contributed by atoms with E-state index < -0.39 is 0 Å². The highest BCUT2D eigenvalue weighted by Gasteiger charge is 2.30. The van der Waals surface area contributed by atoms with Crippen LogP contribution < -0.4 is 5.32 Å². The lowest BCUT2D eigenvalue weighted by molar-refractivity contribution is 0.126. The van der Waals surface area contributed by atoms with E-state index in [-0.39, 0.29) is 24.6 Å². The SMILES string of the molecule is C[C@H](CNC(=O)N1CCc2ccccc2[C@@H]1CO)Cn1cccn1. The molecule has 0 spiro atoms. The van der Waals surface area contributed by atoms with E-state index in [1.165, 1.54) is 5.56 Å². The lowest BCUT2D eigenvalue weighted by Crippen LogP contribution is -2.47. The molecule has 0 unspecified atom stereocenters. The zero-order valence-electron chi connectivity index (χ0n) is 13.9. The van der Waals surface area contributed by atoms with Gasteiger partial charge in [0.15, 0.2) is 0 Å². The highest BCUT2D eigenvalue weighted by molar-refractivity contribution is 5.75. The number of hydrogen-bond donors (Lipinski definition) is 2. The third-order valence-electron chi connectivity index (χ3n) is 4.51. The van der Waals surface area contributed by atoms with Crippen molar-refractivity contribution in [2.24, 2.45) is 5.92 Å². The number of aliphatic hydroxyl groups excluding tert-OH is 1. The van der Waals surface area contributed by atoms with E-state index in [4.69, 9.17) is 0 Å². The molecule has 2 heterocycles. The molecule has 6 nitrogen and oxygen atoms in total. The van der Waals surface area contributed by atoms with Gasteiger partial charge in [-0.15, -0.1) is 0 Å². The first-order valence-corrected chi connectivity index (χ1v) is 8.39. The predicted molar refractivity (Wildman–Crippen MR) is 91.5 cm³/mol. The Hall–Kier alpha value is -2.34. The van der Waals surface area contributed by atoms with Crippen molar-refractivity contribution in [2.45, 2.75) is 25.9 Å². The van der Waals surface area contributed by atoms with Crippen LogP contribution in [0.3, 0.4) is 0 Å². The number of amides is 2. The normalized spacial score (nSPS) is 18.1. The van der Waals surface area contributed by atoms with Gasteiger partial charge in [0.1, 0.15) is 0 Å². The summed E-state index contributed by atoms with van der Waals surface area (Å²) in [5.74, 6) is 0.276. The average Bonchev–Trinajstić information content (AvgIpc) is 3.11. The minimum atomic E-state index is -0.267. The number of carbonyl (C=O) groups excluding carboxylic acids is 1. The lowest BCUT2D eigenvalue weighted by atomic mass is 9.93. The molecule has 24 heavy (non-hydrogen) atoms.